The number of hydrogen-bond donors (Lipinski definition) is 0. The van der Waals surface area contributed by atoms with Gasteiger partial charge in [0.1, 0.15) is 12.4 Å². The van der Waals surface area contributed by atoms with E-state index in [1.165, 1.54) is 31.2 Å². The summed E-state index contributed by atoms with van der Waals surface area (Å²) in [5.74, 6) is -1.60. The first-order chi connectivity index (χ1) is 22.7. The molecule has 2 fully saturated rings. The van der Waals surface area contributed by atoms with Gasteiger partial charge < -0.3 is 23.8 Å². The summed E-state index contributed by atoms with van der Waals surface area (Å²) in [5, 5.41) is 0. The number of methoxy groups -OCH3 is 1. The third-order valence-electron chi connectivity index (χ3n) is 9.02. The Morgan fingerprint density at radius 2 is 1.58 bits per heavy atom. The summed E-state index contributed by atoms with van der Waals surface area (Å²) in [6.45, 7) is 1.83. The molecule has 0 bridgehead atoms. The number of hydrogen-bond acceptors (Lipinski definition) is 5. The number of nitrogens with zero attached hydrogens (tertiary/aromatic N) is 1. The normalized spacial score (nSPS) is 24.3. The molecule has 0 aromatic heterocycles. The summed E-state index contributed by atoms with van der Waals surface area (Å²) in [5.41, 5.74) is -1.90. The topological polar surface area (TPSA) is 57.2 Å². The van der Waals surface area contributed by atoms with Crippen LogP contribution in [-0.2, 0) is 37.9 Å². The molecule has 0 saturated carbocycles. The Bertz CT molecular complexity index is 1480. The molecule has 5 rings (SSSR count). The third kappa shape index (κ3) is 8.48. The number of carbonyl (C=O) groups is 1. The summed E-state index contributed by atoms with van der Waals surface area (Å²) in [4.78, 5) is 15.2. The molecule has 1 amide bonds. The lowest BCUT2D eigenvalue weighted by Crippen LogP contribution is -2.55. The predicted octanol–water partition coefficient (Wildman–Crippen LogP) is 8.90. The Morgan fingerprint density at radius 3 is 2.19 bits per heavy atom. The minimum absolute atomic E-state index is 0.0475. The summed E-state index contributed by atoms with van der Waals surface area (Å²) in [6, 6.07) is 15.6. The number of halogens is 7. The highest BCUT2D eigenvalue weighted by Crippen LogP contribution is 2.45. The van der Waals surface area contributed by atoms with Crippen molar-refractivity contribution in [3.8, 4) is 0 Å². The van der Waals surface area contributed by atoms with Crippen molar-refractivity contribution in [2.24, 2.45) is 5.92 Å². The number of benzene rings is 3. The molecule has 2 aliphatic rings. The van der Waals surface area contributed by atoms with Gasteiger partial charge in [-0.15, -0.1) is 0 Å². The van der Waals surface area contributed by atoms with E-state index in [1.807, 2.05) is 30.3 Å². The van der Waals surface area contributed by atoms with E-state index in [2.05, 4.69) is 0 Å². The maximum atomic E-state index is 14.1. The Balaban J connectivity index is 1.47. The number of carbonyl (C=O) groups excluding carboxylic acids is 1. The first-order valence-corrected chi connectivity index (χ1v) is 15.6. The first kappa shape index (κ1) is 35.6. The molecule has 6 unspecified atom stereocenters. The molecule has 3 aromatic carbocycles. The molecule has 6 nitrogen and oxygen atoms in total. The van der Waals surface area contributed by atoms with E-state index in [0.717, 1.165) is 5.56 Å². The highest BCUT2D eigenvalue weighted by atomic mass is 19.4. The number of rotatable bonds is 8. The molecule has 0 radical (unpaired) electrons. The number of likely N-dealkylation sites (tertiary alicyclic amines) is 1. The zero-order valence-corrected chi connectivity index (χ0v) is 26.3. The Morgan fingerprint density at radius 1 is 0.938 bits per heavy atom. The molecule has 6 atom stereocenters. The van der Waals surface area contributed by atoms with Crippen molar-refractivity contribution in [2.45, 2.75) is 75.6 Å². The molecule has 2 heterocycles. The van der Waals surface area contributed by atoms with Crippen molar-refractivity contribution >= 4 is 6.09 Å². The fraction of sp³-hybridized carbons (Fsp3) is 0.457. The van der Waals surface area contributed by atoms with Gasteiger partial charge in [0.15, 0.2) is 6.29 Å². The largest absolute Gasteiger partial charge is 0.445 e. The fourth-order valence-electron chi connectivity index (χ4n) is 6.56. The summed E-state index contributed by atoms with van der Waals surface area (Å²) in [6.07, 6.45) is -11.9. The van der Waals surface area contributed by atoms with E-state index < -0.39 is 65.7 Å². The van der Waals surface area contributed by atoms with E-state index in [9.17, 15) is 35.5 Å². The van der Waals surface area contributed by atoms with E-state index in [4.69, 9.17) is 18.9 Å². The van der Waals surface area contributed by atoms with Crippen molar-refractivity contribution in [1.82, 2.24) is 4.90 Å². The molecule has 260 valence electrons. The van der Waals surface area contributed by atoms with Gasteiger partial charge in [-0.1, -0.05) is 42.5 Å². The zero-order chi connectivity index (χ0) is 34.6. The Labute approximate surface area is 273 Å². The number of piperidine rings is 1. The second-order valence-corrected chi connectivity index (χ2v) is 12.1. The quantitative estimate of drug-likeness (QED) is 0.222. The van der Waals surface area contributed by atoms with Gasteiger partial charge in [0.05, 0.1) is 29.9 Å². The summed E-state index contributed by atoms with van der Waals surface area (Å²) >= 11 is 0. The van der Waals surface area contributed by atoms with Gasteiger partial charge in [-0.2, -0.15) is 26.3 Å². The van der Waals surface area contributed by atoms with E-state index in [0.29, 0.717) is 43.5 Å². The average Bonchev–Trinajstić information content (AvgIpc) is 3.06. The van der Waals surface area contributed by atoms with Gasteiger partial charge in [-0.3, -0.25) is 0 Å². The third-order valence-corrected chi connectivity index (χ3v) is 9.02. The smallest absolute Gasteiger partial charge is 0.416 e. The minimum Gasteiger partial charge on any atom is -0.445 e. The Hall–Kier alpha value is -3.68. The van der Waals surface area contributed by atoms with Gasteiger partial charge in [0.2, 0.25) is 0 Å². The lowest BCUT2D eigenvalue weighted by molar-refractivity contribution is -0.216. The van der Waals surface area contributed by atoms with Crippen molar-refractivity contribution < 1.29 is 54.5 Å². The van der Waals surface area contributed by atoms with Crippen LogP contribution in [0.4, 0.5) is 35.5 Å². The molecular weight excluding hydrogens is 647 g/mol. The van der Waals surface area contributed by atoms with Crippen LogP contribution in [0.25, 0.3) is 0 Å². The van der Waals surface area contributed by atoms with Crippen LogP contribution in [0.3, 0.4) is 0 Å². The molecule has 48 heavy (non-hydrogen) atoms. The molecule has 0 N–H and O–H groups in total. The van der Waals surface area contributed by atoms with Crippen LogP contribution in [0, 0.1) is 11.7 Å². The molecule has 13 heteroatoms. The second kappa shape index (κ2) is 14.8. The number of amides is 1. The van der Waals surface area contributed by atoms with Crippen LogP contribution in [0.5, 0.6) is 0 Å². The number of ether oxygens (including phenoxy) is 4. The van der Waals surface area contributed by atoms with Gasteiger partial charge in [0.25, 0.3) is 0 Å². The monoisotopic (exact) mass is 683 g/mol. The second-order valence-electron chi connectivity index (χ2n) is 12.1. The molecule has 0 aliphatic carbocycles. The van der Waals surface area contributed by atoms with Gasteiger partial charge >= 0.3 is 18.4 Å². The van der Waals surface area contributed by atoms with Crippen LogP contribution in [0.15, 0.2) is 72.8 Å². The fourth-order valence-corrected chi connectivity index (χ4v) is 6.56. The van der Waals surface area contributed by atoms with Gasteiger partial charge in [-0.25, -0.2) is 9.18 Å². The van der Waals surface area contributed by atoms with Crippen LogP contribution in [0.1, 0.15) is 66.0 Å². The first-order valence-electron chi connectivity index (χ1n) is 15.6. The van der Waals surface area contributed by atoms with Gasteiger partial charge in [-0.05, 0) is 79.1 Å². The van der Waals surface area contributed by atoms with Gasteiger partial charge in [0, 0.05) is 25.6 Å². The molecule has 0 spiro atoms. The molecular formula is C35H36F7NO5. The maximum absolute atomic E-state index is 14.1. The maximum Gasteiger partial charge on any atom is 0.416 e. The van der Waals surface area contributed by atoms with E-state index in [1.54, 1.807) is 12.0 Å². The SMILES string of the molecule is COC1CCN(C(=O)OCc2ccccc2)C(C2CCOC(OC(C)c3cc(C(F)(F)F)cc(C(F)(F)F)c3)C2c2ccc(F)cc2)C1. The van der Waals surface area contributed by atoms with Crippen molar-refractivity contribution in [3.05, 3.63) is 106 Å². The highest BCUT2D eigenvalue weighted by molar-refractivity contribution is 5.68. The van der Waals surface area contributed by atoms with E-state index >= 15 is 0 Å². The highest BCUT2D eigenvalue weighted by Gasteiger charge is 2.47. The molecule has 2 aliphatic heterocycles. The van der Waals surface area contributed by atoms with Crippen LogP contribution < -0.4 is 0 Å². The van der Waals surface area contributed by atoms with Crippen molar-refractivity contribution in [3.63, 3.8) is 0 Å². The molecule has 3 aromatic rings. The minimum atomic E-state index is -5.03. The number of alkyl halides is 6. The van der Waals surface area contributed by atoms with Crippen LogP contribution >= 0.6 is 0 Å². The predicted molar refractivity (Wildman–Crippen MR) is 160 cm³/mol. The summed E-state index contributed by atoms with van der Waals surface area (Å²) < 4.78 is 119. The standard InChI is InChI=1S/C35H36F7NO5/c1-21(24-16-25(34(37,38)39)18-26(17-24)35(40,41)42)48-32-31(23-8-10-27(36)11-9-23)29(13-15-46-32)30-19-28(45-2)12-14-43(30)33(44)47-20-22-6-4-3-5-7-22/h3-11,16-18,21,28-32H,12-15,19-20H2,1-2H3. The van der Waals surface area contributed by atoms with Crippen molar-refractivity contribution in [2.75, 3.05) is 20.3 Å². The Kier molecular flexibility index (Phi) is 11.0. The lowest BCUT2D eigenvalue weighted by atomic mass is 9.74. The van der Waals surface area contributed by atoms with Crippen molar-refractivity contribution in [1.29, 1.82) is 0 Å². The van der Waals surface area contributed by atoms with Crippen LogP contribution in [-0.4, -0.2) is 49.7 Å². The average molecular weight is 684 g/mol. The van der Waals surface area contributed by atoms with E-state index in [-0.39, 0.29) is 30.9 Å². The molecule has 2 saturated heterocycles. The van der Waals surface area contributed by atoms with Crippen LogP contribution in [0.2, 0.25) is 0 Å². The lowest BCUT2D eigenvalue weighted by Gasteiger charge is -2.48. The summed E-state index contributed by atoms with van der Waals surface area (Å²) in [7, 11) is 1.57. The zero-order valence-electron chi connectivity index (χ0n) is 26.3.